The van der Waals surface area contributed by atoms with Crippen molar-refractivity contribution in [1.29, 1.82) is 0 Å². The van der Waals surface area contributed by atoms with E-state index in [1.54, 1.807) is 13.3 Å². The summed E-state index contributed by atoms with van der Waals surface area (Å²) in [6.45, 7) is 8.80. The first-order chi connectivity index (χ1) is 13.9. The highest BCUT2D eigenvalue weighted by Gasteiger charge is 2.40. The van der Waals surface area contributed by atoms with Crippen LogP contribution in [0.25, 0.3) is 11.1 Å². The molecule has 3 rings (SSSR count). The number of benzene rings is 1. The summed E-state index contributed by atoms with van der Waals surface area (Å²) in [5.74, 6) is 1.64. The second-order valence-electron chi connectivity index (χ2n) is 8.27. The normalized spacial score (nSPS) is 25.4. The zero-order chi connectivity index (χ0) is 21.1. The van der Waals surface area contributed by atoms with E-state index in [0.717, 1.165) is 24.0 Å². The minimum absolute atomic E-state index is 0.113. The fourth-order valence-electron chi connectivity index (χ4n) is 4.59. The summed E-state index contributed by atoms with van der Waals surface area (Å²) in [7, 11) is 3.12. The van der Waals surface area contributed by atoms with Crippen molar-refractivity contribution in [3.8, 4) is 16.9 Å². The van der Waals surface area contributed by atoms with Crippen molar-refractivity contribution >= 4 is 0 Å². The van der Waals surface area contributed by atoms with Crippen LogP contribution in [0.2, 0.25) is 0 Å². The van der Waals surface area contributed by atoms with Crippen LogP contribution < -0.4 is 15.1 Å². The fourth-order valence-corrected chi connectivity index (χ4v) is 4.59. The number of methoxy groups -OCH3 is 1. The van der Waals surface area contributed by atoms with Gasteiger partial charge in [-0.15, -0.1) is 0 Å². The summed E-state index contributed by atoms with van der Waals surface area (Å²) < 4.78 is 13.7. The summed E-state index contributed by atoms with van der Waals surface area (Å²) in [6.07, 6.45) is 3.52. The molecule has 5 heteroatoms. The second kappa shape index (κ2) is 9.04. The Balaban J connectivity index is 2.18. The third-order valence-electron chi connectivity index (χ3n) is 6.27. The molecule has 1 saturated heterocycles. The van der Waals surface area contributed by atoms with Gasteiger partial charge in [-0.3, -0.25) is 4.79 Å². The van der Waals surface area contributed by atoms with Gasteiger partial charge in [0, 0.05) is 5.56 Å². The van der Waals surface area contributed by atoms with Crippen LogP contribution in [0.5, 0.6) is 5.75 Å². The molecule has 0 bridgehead atoms. The summed E-state index contributed by atoms with van der Waals surface area (Å²) >= 11 is 0. The molecule has 1 aliphatic heterocycles. The molecule has 2 aromatic rings. The lowest BCUT2D eigenvalue weighted by Gasteiger charge is -2.42. The smallest absolute Gasteiger partial charge is 0.292 e. The molecule has 29 heavy (non-hydrogen) atoms. The lowest BCUT2D eigenvalue weighted by atomic mass is 9.79. The molecule has 0 saturated carbocycles. The maximum Gasteiger partial charge on any atom is 0.292 e. The number of pyridine rings is 1. The van der Waals surface area contributed by atoms with Gasteiger partial charge in [-0.1, -0.05) is 64.4 Å². The van der Waals surface area contributed by atoms with Gasteiger partial charge in [-0.2, -0.15) is 4.73 Å². The van der Waals surface area contributed by atoms with E-state index >= 15 is 0 Å². The first kappa shape index (κ1) is 21.4. The number of nitrogens with zero attached hydrogens (tertiary/aromatic N) is 1. The van der Waals surface area contributed by atoms with Crippen molar-refractivity contribution < 1.29 is 14.3 Å². The van der Waals surface area contributed by atoms with Gasteiger partial charge in [0.15, 0.2) is 0 Å². The standard InChI is InChI=1S/C24H33NO4/c1-7-15(2)21-16(3)13-17(4)22(29-21)20-23(27-5)19(14-25(28-6)24(20)26)18-11-9-8-10-12-18/h8-12,14-17,21-22H,7,13H2,1-6H3/t15-,16-,17+,21-,22+/m0/s1. The topological polar surface area (TPSA) is 49.7 Å². The van der Waals surface area contributed by atoms with E-state index < -0.39 is 0 Å². The maximum absolute atomic E-state index is 13.3. The van der Waals surface area contributed by atoms with E-state index in [4.69, 9.17) is 14.3 Å². The Labute approximate surface area is 173 Å². The molecule has 0 aliphatic carbocycles. The number of rotatable bonds is 6. The molecule has 2 heterocycles. The van der Waals surface area contributed by atoms with Gasteiger partial charge in [-0.05, 0) is 29.7 Å². The zero-order valence-electron chi connectivity index (χ0n) is 18.3. The van der Waals surface area contributed by atoms with Crippen molar-refractivity contribution in [1.82, 2.24) is 4.73 Å². The van der Waals surface area contributed by atoms with Crippen LogP contribution in [0, 0.1) is 17.8 Å². The van der Waals surface area contributed by atoms with E-state index in [-0.39, 0.29) is 23.7 Å². The highest BCUT2D eigenvalue weighted by Crippen LogP contribution is 2.45. The number of hydrogen-bond donors (Lipinski definition) is 0. The molecule has 1 aromatic heterocycles. The number of hydrogen-bond acceptors (Lipinski definition) is 4. The Hall–Kier alpha value is -2.27. The lowest BCUT2D eigenvalue weighted by Crippen LogP contribution is -2.41. The first-order valence-electron chi connectivity index (χ1n) is 10.5. The van der Waals surface area contributed by atoms with Crippen molar-refractivity contribution in [3.05, 3.63) is 52.4 Å². The van der Waals surface area contributed by atoms with Gasteiger partial charge >= 0.3 is 0 Å². The average molecular weight is 400 g/mol. The van der Waals surface area contributed by atoms with Gasteiger partial charge < -0.3 is 14.3 Å². The predicted molar refractivity (Wildman–Crippen MR) is 115 cm³/mol. The van der Waals surface area contributed by atoms with Gasteiger partial charge in [-0.25, -0.2) is 0 Å². The molecule has 5 atom stereocenters. The van der Waals surface area contributed by atoms with Crippen LogP contribution >= 0.6 is 0 Å². The van der Waals surface area contributed by atoms with Gasteiger partial charge in [0.25, 0.3) is 5.56 Å². The van der Waals surface area contributed by atoms with E-state index in [2.05, 4.69) is 27.7 Å². The Morgan fingerprint density at radius 3 is 2.45 bits per heavy atom. The molecule has 1 aliphatic rings. The van der Waals surface area contributed by atoms with Crippen LogP contribution in [-0.4, -0.2) is 25.1 Å². The summed E-state index contributed by atoms with van der Waals surface area (Å²) in [5, 5.41) is 0. The van der Waals surface area contributed by atoms with E-state index in [1.165, 1.54) is 11.8 Å². The lowest BCUT2D eigenvalue weighted by molar-refractivity contribution is -0.132. The Morgan fingerprint density at radius 2 is 1.86 bits per heavy atom. The minimum Gasteiger partial charge on any atom is -0.495 e. The molecule has 1 fully saturated rings. The SMILES string of the molecule is CC[C@H](C)[C@@H]1O[C@@H](c2c(OC)c(-c3ccccc3)cn(OC)c2=O)[C@H](C)C[C@@H]1C. The summed E-state index contributed by atoms with van der Waals surface area (Å²) in [4.78, 5) is 18.7. The average Bonchev–Trinajstić information content (AvgIpc) is 2.74. The minimum atomic E-state index is -0.335. The molecule has 1 aromatic carbocycles. The first-order valence-corrected chi connectivity index (χ1v) is 10.5. The third-order valence-corrected chi connectivity index (χ3v) is 6.27. The molecule has 0 spiro atoms. The number of ether oxygens (including phenoxy) is 2. The number of aromatic nitrogens is 1. The molecule has 0 amide bonds. The van der Waals surface area contributed by atoms with Crippen molar-refractivity contribution in [2.75, 3.05) is 14.2 Å². The van der Waals surface area contributed by atoms with Crippen molar-refractivity contribution in [2.24, 2.45) is 17.8 Å². The van der Waals surface area contributed by atoms with Crippen LogP contribution in [0.1, 0.15) is 52.2 Å². The Morgan fingerprint density at radius 1 is 1.17 bits per heavy atom. The predicted octanol–water partition coefficient (Wildman–Crippen LogP) is 4.73. The summed E-state index contributed by atoms with van der Waals surface area (Å²) in [6, 6.07) is 9.91. The molecular formula is C24H33NO4. The quantitative estimate of drug-likeness (QED) is 0.705. The van der Waals surface area contributed by atoms with Crippen LogP contribution in [0.3, 0.4) is 0 Å². The Kier molecular flexibility index (Phi) is 6.68. The van der Waals surface area contributed by atoms with E-state index in [1.807, 2.05) is 30.3 Å². The van der Waals surface area contributed by atoms with E-state index in [0.29, 0.717) is 23.1 Å². The molecule has 0 unspecified atom stereocenters. The summed E-state index contributed by atoms with van der Waals surface area (Å²) in [5.41, 5.74) is 2.10. The maximum atomic E-state index is 13.3. The van der Waals surface area contributed by atoms with Gasteiger partial charge in [0.1, 0.15) is 12.9 Å². The molecule has 0 radical (unpaired) electrons. The molecular weight excluding hydrogens is 366 g/mol. The largest absolute Gasteiger partial charge is 0.495 e. The van der Waals surface area contributed by atoms with E-state index in [9.17, 15) is 4.79 Å². The Bertz CT molecular complexity index is 876. The monoisotopic (exact) mass is 399 g/mol. The molecule has 0 N–H and O–H groups in total. The highest BCUT2D eigenvalue weighted by atomic mass is 16.6. The van der Waals surface area contributed by atoms with Crippen molar-refractivity contribution in [3.63, 3.8) is 0 Å². The van der Waals surface area contributed by atoms with Gasteiger partial charge in [0.05, 0.1) is 31.1 Å². The molecule has 5 nitrogen and oxygen atoms in total. The molecule has 158 valence electrons. The van der Waals surface area contributed by atoms with Crippen LogP contribution in [0.15, 0.2) is 41.3 Å². The highest BCUT2D eigenvalue weighted by molar-refractivity contribution is 5.71. The third kappa shape index (κ3) is 4.06. The second-order valence-corrected chi connectivity index (χ2v) is 8.27. The van der Waals surface area contributed by atoms with Crippen LogP contribution in [0.4, 0.5) is 0 Å². The van der Waals surface area contributed by atoms with Crippen LogP contribution in [-0.2, 0) is 4.74 Å². The zero-order valence-corrected chi connectivity index (χ0v) is 18.3. The van der Waals surface area contributed by atoms with Crippen molar-refractivity contribution in [2.45, 2.75) is 52.7 Å². The van der Waals surface area contributed by atoms with Gasteiger partial charge in [0.2, 0.25) is 0 Å². The fraction of sp³-hybridized carbons (Fsp3) is 0.542.